The van der Waals surface area contributed by atoms with Crippen molar-refractivity contribution in [2.75, 3.05) is 24.0 Å². The molecule has 6 nitrogen and oxygen atoms in total. The number of amides is 1. The molecule has 1 N–H and O–H groups in total. The van der Waals surface area contributed by atoms with Crippen LogP contribution in [0.5, 0.6) is 0 Å². The average molecular weight is 495 g/mol. The zero-order valence-corrected chi connectivity index (χ0v) is 19.2. The van der Waals surface area contributed by atoms with Crippen molar-refractivity contribution in [3.05, 3.63) is 59.1 Å². The largest absolute Gasteiger partial charge is 0.378 e. The Morgan fingerprint density at radius 2 is 1.83 bits per heavy atom. The highest BCUT2D eigenvalue weighted by Crippen LogP contribution is 2.26. The summed E-state index contributed by atoms with van der Waals surface area (Å²) in [6.45, 7) is 0.753. The third-order valence-electron chi connectivity index (χ3n) is 5.01. The van der Waals surface area contributed by atoms with E-state index in [1.54, 1.807) is 42.5 Å². The number of nitrogens with one attached hydrogen (secondary N) is 1. The monoisotopic (exact) mass is 494 g/mol. The van der Waals surface area contributed by atoms with Crippen LogP contribution in [-0.4, -0.2) is 40.1 Å². The first-order chi connectivity index (χ1) is 14.5. The van der Waals surface area contributed by atoms with E-state index in [0.29, 0.717) is 31.4 Å². The highest BCUT2D eigenvalue weighted by atomic mass is 79.9. The quantitative estimate of drug-likeness (QED) is 0.504. The number of sulfonamides is 1. The van der Waals surface area contributed by atoms with Crippen LogP contribution in [0.3, 0.4) is 0 Å². The Balaban J connectivity index is 1.63. The summed E-state index contributed by atoms with van der Waals surface area (Å²) in [5.74, 6) is -0.352. The lowest BCUT2D eigenvalue weighted by Gasteiger charge is -2.24. The maximum absolute atomic E-state index is 13.2. The maximum atomic E-state index is 13.2. The van der Waals surface area contributed by atoms with E-state index in [1.165, 1.54) is 25.0 Å². The van der Waals surface area contributed by atoms with Crippen LogP contribution in [-0.2, 0) is 19.6 Å². The van der Waals surface area contributed by atoms with Gasteiger partial charge < -0.3 is 10.1 Å². The first-order valence-electron chi connectivity index (χ1n) is 10.2. The molecular weight excluding hydrogens is 468 g/mol. The Kier molecular flexibility index (Phi) is 8.30. The Bertz CT molecular complexity index is 931. The highest BCUT2D eigenvalue weighted by molar-refractivity contribution is 9.10. The van der Waals surface area contributed by atoms with E-state index in [-0.39, 0.29) is 17.3 Å². The summed E-state index contributed by atoms with van der Waals surface area (Å²) in [6, 6.07) is 15.0. The van der Waals surface area contributed by atoms with Gasteiger partial charge in [-0.1, -0.05) is 53.0 Å². The number of anilines is 1. The van der Waals surface area contributed by atoms with E-state index >= 15 is 0 Å². The number of benzene rings is 2. The number of hydrogen-bond donors (Lipinski definition) is 1. The van der Waals surface area contributed by atoms with Crippen LogP contribution in [0.4, 0.5) is 5.69 Å². The predicted molar refractivity (Wildman–Crippen MR) is 121 cm³/mol. The highest BCUT2D eigenvalue weighted by Gasteiger charge is 2.27. The lowest BCUT2D eigenvalue weighted by atomic mass is 10.3. The summed E-state index contributed by atoms with van der Waals surface area (Å²) >= 11 is 3.37. The zero-order valence-electron chi connectivity index (χ0n) is 16.8. The molecule has 1 fully saturated rings. The molecule has 0 spiro atoms. The molecule has 0 aromatic heterocycles. The molecule has 0 unspecified atom stereocenters. The molecule has 8 heteroatoms. The fourth-order valence-electron chi connectivity index (χ4n) is 3.46. The smallest absolute Gasteiger partial charge is 0.264 e. The Morgan fingerprint density at radius 3 is 2.53 bits per heavy atom. The van der Waals surface area contributed by atoms with Crippen molar-refractivity contribution in [1.29, 1.82) is 0 Å². The fraction of sp³-hybridized carbons (Fsp3) is 0.409. The van der Waals surface area contributed by atoms with Crippen LogP contribution in [0.2, 0.25) is 0 Å². The van der Waals surface area contributed by atoms with Gasteiger partial charge in [-0.25, -0.2) is 8.42 Å². The lowest BCUT2D eigenvalue weighted by Crippen LogP contribution is -2.41. The van der Waals surface area contributed by atoms with Gasteiger partial charge in [-0.15, -0.1) is 0 Å². The molecule has 0 heterocycles. The molecule has 0 atom stereocenters. The second-order valence-corrected chi connectivity index (χ2v) is 10.1. The number of halogens is 1. The number of nitrogens with zero attached hydrogens (tertiary/aromatic N) is 1. The minimum Gasteiger partial charge on any atom is -0.378 e. The fourth-order valence-corrected chi connectivity index (χ4v) is 5.28. The van der Waals surface area contributed by atoms with Crippen molar-refractivity contribution in [2.24, 2.45) is 0 Å². The van der Waals surface area contributed by atoms with E-state index in [1.807, 2.05) is 0 Å². The van der Waals surface area contributed by atoms with Crippen molar-refractivity contribution in [3.63, 3.8) is 0 Å². The molecule has 2 aromatic rings. The zero-order chi connectivity index (χ0) is 21.4. The molecule has 0 bridgehead atoms. The normalized spacial score (nSPS) is 14.6. The Hall–Kier alpha value is -1.90. The summed E-state index contributed by atoms with van der Waals surface area (Å²) in [5, 5.41) is 2.81. The third-order valence-corrected chi connectivity index (χ3v) is 7.29. The van der Waals surface area contributed by atoms with E-state index < -0.39 is 10.0 Å². The van der Waals surface area contributed by atoms with Crippen molar-refractivity contribution < 1.29 is 17.9 Å². The first-order valence-corrected chi connectivity index (χ1v) is 12.4. The Morgan fingerprint density at radius 1 is 1.10 bits per heavy atom. The van der Waals surface area contributed by atoms with Gasteiger partial charge in [-0.3, -0.25) is 9.10 Å². The van der Waals surface area contributed by atoms with E-state index in [0.717, 1.165) is 21.6 Å². The third kappa shape index (κ3) is 6.30. The maximum Gasteiger partial charge on any atom is 0.264 e. The second kappa shape index (κ2) is 10.9. The number of rotatable bonds is 10. The van der Waals surface area contributed by atoms with Crippen molar-refractivity contribution in [3.8, 4) is 0 Å². The van der Waals surface area contributed by atoms with E-state index in [2.05, 4.69) is 21.2 Å². The summed E-state index contributed by atoms with van der Waals surface area (Å²) in [4.78, 5) is 12.7. The lowest BCUT2D eigenvalue weighted by molar-refractivity contribution is -0.119. The molecule has 1 amide bonds. The molecule has 1 aliphatic carbocycles. The first kappa shape index (κ1) is 22.8. The summed E-state index contributed by atoms with van der Waals surface area (Å²) in [5.41, 5.74) is 0.424. The molecule has 30 heavy (non-hydrogen) atoms. The van der Waals surface area contributed by atoms with Gasteiger partial charge >= 0.3 is 0 Å². The second-order valence-electron chi connectivity index (χ2n) is 7.29. The van der Waals surface area contributed by atoms with Crippen molar-refractivity contribution in [2.45, 2.75) is 43.1 Å². The van der Waals surface area contributed by atoms with E-state index in [4.69, 9.17) is 4.74 Å². The molecule has 2 aromatic carbocycles. The molecular formula is C22H27BrN2O4S. The van der Waals surface area contributed by atoms with Gasteiger partial charge in [0.1, 0.15) is 6.54 Å². The topological polar surface area (TPSA) is 75.7 Å². The molecule has 0 saturated heterocycles. The molecule has 0 aliphatic heterocycles. The number of ether oxygens (including phenoxy) is 1. The van der Waals surface area contributed by atoms with Crippen LogP contribution < -0.4 is 9.62 Å². The SMILES string of the molecule is O=C(CN(c1cccc(Br)c1)S(=O)(=O)c1ccccc1)NCCCOC1CCCC1. The molecule has 1 saturated carbocycles. The summed E-state index contributed by atoms with van der Waals surface area (Å²) in [6.07, 6.45) is 5.73. The van der Waals surface area contributed by atoms with Crippen LogP contribution in [0.15, 0.2) is 64.0 Å². The summed E-state index contributed by atoms with van der Waals surface area (Å²) in [7, 11) is -3.89. The van der Waals surface area contributed by atoms with Gasteiger partial charge in [0.15, 0.2) is 0 Å². The molecule has 1 aliphatic rings. The molecule has 0 radical (unpaired) electrons. The minimum atomic E-state index is -3.89. The standard InChI is InChI=1S/C22H27BrN2O4S/c23-18-8-6-9-19(16-18)25(30(27,28)21-12-2-1-3-13-21)17-22(26)24-14-7-15-29-20-10-4-5-11-20/h1-3,6,8-9,12-13,16,20H,4-5,7,10-11,14-15,17H2,(H,24,26). The number of hydrogen-bond acceptors (Lipinski definition) is 4. The Labute approximate surface area is 186 Å². The van der Waals surface area contributed by atoms with Crippen molar-refractivity contribution in [1.82, 2.24) is 5.32 Å². The molecule has 162 valence electrons. The van der Waals surface area contributed by atoms with Crippen molar-refractivity contribution >= 4 is 37.5 Å². The van der Waals surface area contributed by atoms with Gasteiger partial charge in [-0.05, 0) is 49.6 Å². The van der Waals surface area contributed by atoms with Gasteiger partial charge in [-0.2, -0.15) is 0 Å². The average Bonchev–Trinajstić information content (AvgIpc) is 3.26. The van der Waals surface area contributed by atoms with Gasteiger partial charge in [0.2, 0.25) is 5.91 Å². The van der Waals surface area contributed by atoms with Crippen LogP contribution in [0.25, 0.3) is 0 Å². The van der Waals surface area contributed by atoms with Gasteiger partial charge in [0.25, 0.3) is 10.0 Å². The van der Waals surface area contributed by atoms with Gasteiger partial charge in [0.05, 0.1) is 16.7 Å². The molecule has 3 rings (SSSR count). The summed E-state index contributed by atoms with van der Waals surface area (Å²) < 4.78 is 34.1. The van der Waals surface area contributed by atoms with Crippen LogP contribution in [0.1, 0.15) is 32.1 Å². The van der Waals surface area contributed by atoms with Crippen LogP contribution in [0, 0.1) is 0 Å². The van der Waals surface area contributed by atoms with Crippen LogP contribution >= 0.6 is 15.9 Å². The van der Waals surface area contributed by atoms with Gasteiger partial charge in [0, 0.05) is 17.6 Å². The van der Waals surface area contributed by atoms with E-state index in [9.17, 15) is 13.2 Å². The number of carbonyl (C=O) groups excluding carboxylic acids is 1. The number of carbonyl (C=O) groups is 1. The minimum absolute atomic E-state index is 0.141. The predicted octanol–water partition coefficient (Wildman–Crippen LogP) is 4.11.